The summed E-state index contributed by atoms with van der Waals surface area (Å²) < 4.78 is 0. The largest absolute Gasteiger partial charge is 0.294 e. The van der Waals surface area contributed by atoms with Crippen molar-refractivity contribution in [1.82, 2.24) is 4.90 Å². The normalized spacial score (nSPS) is 31.9. The molecule has 1 saturated heterocycles. The Morgan fingerprint density at radius 3 is 3.15 bits per heavy atom. The van der Waals surface area contributed by atoms with Gasteiger partial charge in [-0.25, -0.2) is 0 Å². The third kappa shape index (κ3) is 1.76. The zero-order valence-electron chi connectivity index (χ0n) is 7.95. The van der Waals surface area contributed by atoms with Gasteiger partial charge in [-0.15, -0.1) is 0 Å². The van der Waals surface area contributed by atoms with Crippen LogP contribution >= 0.6 is 0 Å². The second kappa shape index (κ2) is 3.93. The van der Waals surface area contributed by atoms with E-state index in [1.165, 1.54) is 19.3 Å². The van der Waals surface area contributed by atoms with Crippen LogP contribution in [0.15, 0.2) is 12.2 Å². The van der Waals surface area contributed by atoms with Gasteiger partial charge in [0.05, 0.1) is 6.07 Å². The molecule has 0 radical (unpaired) electrons. The molecule has 0 spiro atoms. The van der Waals surface area contributed by atoms with Crippen molar-refractivity contribution < 1.29 is 0 Å². The summed E-state index contributed by atoms with van der Waals surface area (Å²) >= 11 is 0. The number of hydrogen-bond acceptors (Lipinski definition) is 2. The lowest BCUT2D eigenvalue weighted by atomic mass is 10.1. The number of hydrogen-bond donors (Lipinski definition) is 0. The van der Waals surface area contributed by atoms with Crippen LogP contribution in [0.5, 0.6) is 0 Å². The van der Waals surface area contributed by atoms with Crippen LogP contribution < -0.4 is 0 Å². The van der Waals surface area contributed by atoms with E-state index >= 15 is 0 Å². The Hall–Kier alpha value is -0.810. The minimum absolute atomic E-state index is 0.692. The highest BCUT2D eigenvalue weighted by Crippen LogP contribution is 2.31. The standard InChI is InChI=1S/C11H16N2/c12-8-1-2-9-13-10-4-3-5-11(13)7-6-10/h3-4,10-11H,1-2,5-7,9H2. The van der Waals surface area contributed by atoms with Crippen LogP contribution in [0.1, 0.15) is 32.1 Å². The molecule has 2 heteroatoms. The Labute approximate surface area is 79.8 Å². The fraction of sp³-hybridized carbons (Fsp3) is 0.727. The molecule has 0 saturated carbocycles. The van der Waals surface area contributed by atoms with Gasteiger partial charge in [0.15, 0.2) is 0 Å². The summed E-state index contributed by atoms with van der Waals surface area (Å²) in [5, 5.41) is 8.46. The molecule has 2 nitrogen and oxygen atoms in total. The van der Waals surface area contributed by atoms with Gasteiger partial charge in [-0.05, 0) is 25.7 Å². The van der Waals surface area contributed by atoms with E-state index in [4.69, 9.17) is 5.26 Å². The summed E-state index contributed by atoms with van der Waals surface area (Å²) in [5.74, 6) is 0. The second-order valence-corrected chi connectivity index (χ2v) is 3.96. The molecule has 0 aromatic heterocycles. The molecule has 0 aliphatic carbocycles. The van der Waals surface area contributed by atoms with Gasteiger partial charge in [0.1, 0.15) is 0 Å². The van der Waals surface area contributed by atoms with E-state index in [-0.39, 0.29) is 0 Å². The fourth-order valence-corrected chi connectivity index (χ4v) is 2.51. The number of rotatable bonds is 3. The first-order chi connectivity index (χ1) is 6.42. The van der Waals surface area contributed by atoms with Crippen molar-refractivity contribution in [1.29, 1.82) is 5.26 Å². The molecule has 2 aliphatic rings. The summed E-state index contributed by atoms with van der Waals surface area (Å²) in [5.41, 5.74) is 0. The second-order valence-electron chi connectivity index (χ2n) is 3.96. The maximum absolute atomic E-state index is 8.46. The fourth-order valence-electron chi connectivity index (χ4n) is 2.51. The predicted molar refractivity (Wildman–Crippen MR) is 52.1 cm³/mol. The van der Waals surface area contributed by atoms with E-state index in [9.17, 15) is 0 Å². The van der Waals surface area contributed by atoms with Gasteiger partial charge in [0, 0.05) is 25.0 Å². The van der Waals surface area contributed by atoms with Crippen molar-refractivity contribution in [3.8, 4) is 6.07 Å². The van der Waals surface area contributed by atoms with E-state index in [2.05, 4.69) is 23.1 Å². The Balaban J connectivity index is 1.86. The molecular weight excluding hydrogens is 160 g/mol. The molecule has 0 aromatic carbocycles. The average Bonchev–Trinajstić information content (AvgIpc) is 2.38. The first-order valence-electron chi connectivity index (χ1n) is 5.21. The molecule has 70 valence electrons. The van der Waals surface area contributed by atoms with Crippen LogP contribution in [-0.4, -0.2) is 23.5 Å². The van der Waals surface area contributed by atoms with Crippen LogP contribution in [0.3, 0.4) is 0 Å². The Morgan fingerprint density at radius 2 is 2.38 bits per heavy atom. The van der Waals surface area contributed by atoms with Crippen molar-refractivity contribution in [3.63, 3.8) is 0 Å². The number of nitriles is 1. The van der Waals surface area contributed by atoms with Gasteiger partial charge >= 0.3 is 0 Å². The quantitative estimate of drug-likeness (QED) is 0.486. The molecular formula is C11H16N2. The van der Waals surface area contributed by atoms with E-state index in [1.807, 2.05) is 0 Å². The Bertz CT molecular complexity index is 239. The van der Waals surface area contributed by atoms with E-state index in [0.717, 1.165) is 19.0 Å². The van der Waals surface area contributed by atoms with E-state index in [0.29, 0.717) is 12.5 Å². The molecule has 2 rings (SSSR count). The lowest BCUT2D eigenvalue weighted by Gasteiger charge is -2.30. The highest BCUT2D eigenvalue weighted by atomic mass is 15.2. The van der Waals surface area contributed by atoms with Crippen LogP contribution in [0.2, 0.25) is 0 Å². The van der Waals surface area contributed by atoms with Crippen molar-refractivity contribution in [2.45, 2.75) is 44.2 Å². The lowest BCUT2D eigenvalue weighted by molar-refractivity contribution is 0.207. The third-order valence-corrected chi connectivity index (χ3v) is 3.16. The molecule has 0 amide bonds. The van der Waals surface area contributed by atoms with Crippen LogP contribution in [0.4, 0.5) is 0 Å². The van der Waals surface area contributed by atoms with Crippen LogP contribution in [-0.2, 0) is 0 Å². The summed E-state index contributed by atoms with van der Waals surface area (Å²) in [6.45, 7) is 1.12. The molecule has 2 bridgehead atoms. The van der Waals surface area contributed by atoms with E-state index < -0.39 is 0 Å². The topological polar surface area (TPSA) is 27.0 Å². The third-order valence-electron chi connectivity index (χ3n) is 3.16. The number of fused-ring (bicyclic) bond motifs is 2. The first-order valence-corrected chi connectivity index (χ1v) is 5.21. The number of unbranched alkanes of at least 4 members (excludes halogenated alkanes) is 1. The highest BCUT2D eigenvalue weighted by Gasteiger charge is 2.32. The summed E-state index contributed by atoms with van der Waals surface area (Å²) in [6.07, 6.45) is 10.3. The van der Waals surface area contributed by atoms with Gasteiger partial charge in [0.25, 0.3) is 0 Å². The zero-order valence-corrected chi connectivity index (χ0v) is 7.95. The minimum atomic E-state index is 0.692. The predicted octanol–water partition coefficient (Wildman–Crippen LogP) is 2.08. The van der Waals surface area contributed by atoms with Gasteiger partial charge < -0.3 is 0 Å². The minimum Gasteiger partial charge on any atom is -0.294 e. The smallest absolute Gasteiger partial charge is 0.0622 e. The monoisotopic (exact) mass is 176 g/mol. The molecule has 1 fully saturated rings. The summed E-state index contributed by atoms with van der Waals surface area (Å²) in [4.78, 5) is 2.58. The maximum atomic E-state index is 8.46. The molecule has 0 aromatic rings. The summed E-state index contributed by atoms with van der Waals surface area (Å²) in [7, 11) is 0. The van der Waals surface area contributed by atoms with Crippen LogP contribution in [0.25, 0.3) is 0 Å². The first kappa shape index (κ1) is 8.77. The Kier molecular flexibility index (Phi) is 2.65. The molecule has 2 heterocycles. The van der Waals surface area contributed by atoms with Gasteiger partial charge in [-0.3, -0.25) is 4.90 Å². The summed E-state index contributed by atoms with van der Waals surface area (Å²) in [6, 6.07) is 3.69. The molecule has 13 heavy (non-hydrogen) atoms. The van der Waals surface area contributed by atoms with E-state index in [1.54, 1.807) is 0 Å². The number of nitrogens with zero attached hydrogens (tertiary/aromatic N) is 2. The maximum Gasteiger partial charge on any atom is 0.0622 e. The van der Waals surface area contributed by atoms with Crippen molar-refractivity contribution in [3.05, 3.63) is 12.2 Å². The zero-order chi connectivity index (χ0) is 9.10. The van der Waals surface area contributed by atoms with Gasteiger partial charge in [0.2, 0.25) is 0 Å². The molecule has 2 aliphatic heterocycles. The van der Waals surface area contributed by atoms with Crippen molar-refractivity contribution >= 4 is 0 Å². The van der Waals surface area contributed by atoms with Crippen LogP contribution in [0, 0.1) is 11.3 Å². The Morgan fingerprint density at radius 1 is 1.46 bits per heavy atom. The van der Waals surface area contributed by atoms with Crippen molar-refractivity contribution in [2.75, 3.05) is 6.54 Å². The van der Waals surface area contributed by atoms with Gasteiger partial charge in [-0.2, -0.15) is 5.26 Å². The van der Waals surface area contributed by atoms with Crippen molar-refractivity contribution in [2.24, 2.45) is 0 Å². The average molecular weight is 176 g/mol. The molecule has 0 N–H and O–H groups in total. The molecule has 2 unspecified atom stereocenters. The lowest BCUT2D eigenvalue weighted by Crippen LogP contribution is -2.37. The SMILES string of the molecule is N#CCCCN1C2C=CCC1CC2. The molecule has 2 atom stereocenters. The highest BCUT2D eigenvalue weighted by molar-refractivity contribution is 5.08. The van der Waals surface area contributed by atoms with Gasteiger partial charge in [-0.1, -0.05) is 12.2 Å².